The highest BCUT2D eigenvalue weighted by Crippen LogP contribution is 2.47. The second-order valence-corrected chi connectivity index (χ2v) is 13.3. The molecule has 3 fully saturated rings. The number of rotatable bonds is 19. The van der Waals surface area contributed by atoms with Crippen LogP contribution in [0.3, 0.4) is 0 Å². The molecular formula is C35H58N2O6. The van der Waals surface area contributed by atoms with E-state index in [9.17, 15) is 4.79 Å². The Morgan fingerprint density at radius 2 is 1.58 bits per heavy atom. The van der Waals surface area contributed by atoms with Gasteiger partial charge in [-0.05, 0) is 84.6 Å². The maximum Gasteiger partial charge on any atom is 0.412 e. The van der Waals surface area contributed by atoms with E-state index in [1.54, 1.807) is 0 Å². The Kier molecular flexibility index (Phi) is 13.6. The van der Waals surface area contributed by atoms with Gasteiger partial charge in [-0.2, -0.15) is 0 Å². The summed E-state index contributed by atoms with van der Waals surface area (Å²) in [5.41, 5.74) is 1.82. The second-order valence-electron chi connectivity index (χ2n) is 13.3. The summed E-state index contributed by atoms with van der Waals surface area (Å²) in [5.74, 6) is -1.98. The summed E-state index contributed by atoms with van der Waals surface area (Å²) in [6, 6.07) is 7.67. The summed E-state index contributed by atoms with van der Waals surface area (Å²) >= 11 is 0. The zero-order chi connectivity index (χ0) is 30.5. The Morgan fingerprint density at radius 1 is 0.930 bits per heavy atom. The fourth-order valence-corrected chi connectivity index (χ4v) is 6.66. The lowest BCUT2D eigenvalue weighted by molar-refractivity contribution is -0.278. The molecule has 1 aromatic rings. The van der Waals surface area contributed by atoms with Crippen LogP contribution in [0.2, 0.25) is 0 Å². The molecule has 4 rings (SSSR count). The Hall–Kier alpha value is -1.71. The lowest BCUT2D eigenvalue weighted by atomic mass is 10.0. The summed E-state index contributed by atoms with van der Waals surface area (Å²) in [6.45, 7) is 12.3. The third-order valence-corrected chi connectivity index (χ3v) is 8.93. The molecule has 1 amide bonds. The normalized spacial score (nSPS) is 26.6. The van der Waals surface area contributed by atoms with Crippen molar-refractivity contribution < 1.29 is 28.5 Å². The van der Waals surface area contributed by atoms with Gasteiger partial charge in [0.2, 0.25) is 5.79 Å². The molecule has 3 saturated heterocycles. The van der Waals surface area contributed by atoms with Crippen molar-refractivity contribution in [3.8, 4) is 0 Å². The molecule has 0 saturated carbocycles. The minimum Gasteiger partial charge on any atom is -0.440 e. The molecule has 244 valence electrons. The van der Waals surface area contributed by atoms with Gasteiger partial charge in [0.25, 0.3) is 0 Å². The number of amides is 1. The first-order chi connectivity index (χ1) is 20.8. The van der Waals surface area contributed by atoms with Crippen molar-refractivity contribution in [3.63, 3.8) is 0 Å². The van der Waals surface area contributed by atoms with Gasteiger partial charge in [-0.1, -0.05) is 82.4 Å². The molecule has 0 unspecified atom stereocenters. The average Bonchev–Trinajstić information content (AvgIpc) is 3.64. The summed E-state index contributed by atoms with van der Waals surface area (Å²) < 4.78 is 31.7. The van der Waals surface area contributed by atoms with E-state index in [4.69, 9.17) is 23.7 Å². The number of nitrogens with one attached hydrogen (secondary N) is 1. The van der Waals surface area contributed by atoms with Crippen molar-refractivity contribution in [1.29, 1.82) is 0 Å². The molecular weight excluding hydrogens is 544 g/mol. The number of carbonyl (C=O) groups is 1. The molecule has 8 heteroatoms. The maximum absolute atomic E-state index is 13.1. The van der Waals surface area contributed by atoms with Gasteiger partial charge in [0.05, 0.1) is 0 Å². The number of hydrogen-bond donors (Lipinski definition) is 1. The van der Waals surface area contributed by atoms with E-state index in [1.807, 2.05) is 45.0 Å². The van der Waals surface area contributed by atoms with Gasteiger partial charge in [0.1, 0.15) is 12.7 Å². The van der Waals surface area contributed by atoms with Crippen molar-refractivity contribution in [3.05, 3.63) is 29.8 Å². The lowest BCUT2D eigenvalue weighted by Crippen LogP contribution is -2.46. The fourth-order valence-electron chi connectivity index (χ4n) is 6.66. The smallest absolute Gasteiger partial charge is 0.412 e. The van der Waals surface area contributed by atoms with Crippen LogP contribution >= 0.6 is 0 Å². The highest BCUT2D eigenvalue weighted by molar-refractivity contribution is 5.84. The molecule has 0 aliphatic carbocycles. The van der Waals surface area contributed by atoms with Crippen LogP contribution in [0, 0.1) is 6.92 Å². The van der Waals surface area contributed by atoms with Crippen LogP contribution in [0.5, 0.6) is 0 Å². The number of likely N-dealkylation sites (tertiary alicyclic amines) is 1. The van der Waals surface area contributed by atoms with Crippen LogP contribution in [0.4, 0.5) is 10.5 Å². The SMILES string of the molecule is CCCCCCCCCCCCOC[C@@]12O[C@@H](CCCN3CCCC3)[C@@H](OC(=O)Nc3ccc(C)cc3)[C@@H]1OC(C)(C)O2. The van der Waals surface area contributed by atoms with Crippen molar-refractivity contribution in [2.24, 2.45) is 0 Å². The van der Waals surface area contributed by atoms with Crippen LogP contribution < -0.4 is 5.32 Å². The van der Waals surface area contributed by atoms with Crippen molar-refractivity contribution in [2.75, 3.05) is 38.2 Å². The van der Waals surface area contributed by atoms with Gasteiger partial charge in [0.15, 0.2) is 18.0 Å². The first-order valence-electron chi connectivity index (χ1n) is 17.2. The van der Waals surface area contributed by atoms with E-state index in [0.29, 0.717) is 12.3 Å². The van der Waals surface area contributed by atoms with Crippen LogP contribution in [0.1, 0.15) is 116 Å². The first kappa shape index (κ1) is 34.2. The molecule has 0 radical (unpaired) electrons. The lowest BCUT2D eigenvalue weighted by Gasteiger charge is -2.29. The van der Waals surface area contributed by atoms with E-state index in [2.05, 4.69) is 17.1 Å². The van der Waals surface area contributed by atoms with Crippen LogP contribution in [-0.2, 0) is 23.7 Å². The van der Waals surface area contributed by atoms with Crippen LogP contribution in [0.25, 0.3) is 0 Å². The molecule has 4 atom stereocenters. The van der Waals surface area contributed by atoms with Gasteiger partial charge < -0.3 is 28.6 Å². The quantitative estimate of drug-likeness (QED) is 0.161. The Labute approximate surface area is 260 Å². The van der Waals surface area contributed by atoms with Crippen LogP contribution in [-0.4, -0.2) is 73.7 Å². The topological polar surface area (TPSA) is 78.5 Å². The Morgan fingerprint density at radius 3 is 2.26 bits per heavy atom. The number of hydrogen-bond acceptors (Lipinski definition) is 7. The van der Waals surface area contributed by atoms with Crippen LogP contribution in [0.15, 0.2) is 24.3 Å². The van der Waals surface area contributed by atoms with Crippen molar-refractivity contribution >= 4 is 11.8 Å². The third-order valence-electron chi connectivity index (χ3n) is 8.93. The number of anilines is 1. The predicted molar refractivity (Wildman–Crippen MR) is 170 cm³/mol. The van der Waals surface area contributed by atoms with Gasteiger partial charge in [0, 0.05) is 12.3 Å². The van der Waals surface area contributed by atoms with E-state index >= 15 is 0 Å². The molecule has 1 N–H and O–H groups in total. The summed E-state index contributed by atoms with van der Waals surface area (Å²) in [6.07, 6.45) is 15.0. The minimum absolute atomic E-state index is 0.251. The summed E-state index contributed by atoms with van der Waals surface area (Å²) in [7, 11) is 0. The van der Waals surface area contributed by atoms with E-state index in [0.717, 1.165) is 44.5 Å². The summed E-state index contributed by atoms with van der Waals surface area (Å²) in [5, 5.41) is 2.87. The number of ether oxygens (including phenoxy) is 5. The highest BCUT2D eigenvalue weighted by Gasteiger charge is 2.66. The maximum atomic E-state index is 13.1. The van der Waals surface area contributed by atoms with Gasteiger partial charge in [-0.15, -0.1) is 0 Å². The zero-order valence-corrected chi connectivity index (χ0v) is 27.4. The molecule has 1 aromatic carbocycles. The number of fused-ring (bicyclic) bond motifs is 1. The monoisotopic (exact) mass is 602 g/mol. The molecule has 0 aromatic heterocycles. The molecule has 3 aliphatic heterocycles. The molecule has 43 heavy (non-hydrogen) atoms. The minimum atomic E-state index is -1.10. The number of aryl methyl sites for hydroxylation is 1. The molecule has 8 nitrogen and oxygen atoms in total. The number of benzene rings is 1. The van der Waals surface area contributed by atoms with Gasteiger partial charge in [-0.3, -0.25) is 5.32 Å². The summed E-state index contributed by atoms with van der Waals surface area (Å²) in [4.78, 5) is 15.6. The number of nitrogens with zero attached hydrogens (tertiary/aromatic N) is 1. The van der Waals surface area contributed by atoms with Crippen molar-refractivity contribution in [2.45, 2.75) is 147 Å². The Balaban J connectivity index is 1.30. The van der Waals surface area contributed by atoms with Gasteiger partial charge in [-0.25, -0.2) is 4.79 Å². The first-order valence-corrected chi connectivity index (χ1v) is 17.2. The predicted octanol–water partition coefficient (Wildman–Crippen LogP) is 7.97. The fraction of sp³-hybridized carbons (Fsp3) is 0.800. The molecule has 3 heterocycles. The van der Waals surface area contributed by atoms with Crippen molar-refractivity contribution in [1.82, 2.24) is 4.90 Å². The number of unbranched alkanes of at least 4 members (excludes halogenated alkanes) is 9. The van der Waals surface area contributed by atoms with E-state index < -0.39 is 29.9 Å². The largest absolute Gasteiger partial charge is 0.440 e. The average molecular weight is 603 g/mol. The zero-order valence-electron chi connectivity index (χ0n) is 27.4. The molecule has 0 spiro atoms. The Bertz CT molecular complexity index is 950. The van der Waals surface area contributed by atoms with E-state index in [-0.39, 0.29) is 12.7 Å². The molecule has 3 aliphatic rings. The third kappa shape index (κ3) is 10.7. The van der Waals surface area contributed by atoms with Gasteiger partial charge >= 0.3 is 6.09 Å². The second kappa shape index (κ2) is 17.1. The molecule has 0 bridgehead atoms. The highest BCUT2D eigenvalue weighted by atomic mass is 16.9. The van der Waals surface area contributed by atoms with E-state index in [1.165, 1.54) is 70.6 Å². The standard InChI is InChI=1S/C35H58N2O6/c1-5-6-7-8-9-10-11-12-13-16-26-39-27-35-32(42-34(3,4)43-35)31(30(41-35)18-17-25-37-23-14-15-24-37)40-33(38)36-29-21-19-28(2)20-22-29/h19-22,30-32H,5-18,23-27H2,1-4H3,(H,36,38)/t30-,31+,32-,35-/m0/s1. The number of carbonyl (C=O) groups excluding carboxylic acids is 1.